The number of halogens is 1. The first-order valence-corrected chi connectivity index (χ1v) is 3.26. The Kier molecular flexibility index (Phi) is 5.40. The monoisotopic (exact) mass is 185 g/mol. The number of rotatable bonds is 1. The molecule has 0 atom stereocenters. The third kappa shape index (κ3) is 2.85. The molecule has 0 fully saturated rings. The van der Waals surface area contributed by atoms with Gasteiger partial charge in [-0.3, -0.25) is 0 Å². The Morgan fingerprint density at radius 1 is 1.46 bits per heavy atom. The van der Waals surface area contributed by atoms with E-state index in [0.717, 1.165) is 0 Å². The van der Waals surface area contributed by atoms with Gasteiger partial charge >= 0.3 is 29.6 Å². The molecule has 60 valence electrons. The first-order chi connectivity index (χ1) is 5.79. The molecule has 0 N–H and O–H groups in total. The van der Waals surface area contributed by atoms with Gasteiger partial charge in [-0.15, -0.1) is 6.26 Å². The minimum absolute atomic E-state index is 0. The molecule has 0 unspecified atom stereocenters. The maximum Gasteiger partial charge on any atom is 1.00 e. The summed E-state index contributed by atoms with van der Waals surface area (Å²) in [5, 5.41) is 18.7. The van der Waals surface area contributed by atoms with Gasteiger partial charge in [-0.05, 0) is 6.07 Å². The Labute approximate surface area is 97.6 Å². The second-order valence-corrected chi connectivity index (χ2v) is 2.12. The van der Waals surface area contributed by atoms with Crippen LogP contribution >= 0.6 is 0 Å². The quantitative estimate of drug-likeness (QED) is 0.290. The van der Waals surface area contributed by atoms with E-state index in [1.165, 1.54) is 18.2 Å². The minimum atomic E-state index is -0.554. The third-order valence-electron chi connectivity index (χ3n) is 1.40. The number of hydrogen-bond acceptors (Lipinski definition) is 2. The van der Waals surface area contributed by atoms with E-state index in [2.05, 4.69) is 0 Å². The zero-order valence-corrected chi connectivity index (χ0v) is 9.12. The van der Waals surface area contributed by atoms with Gasteiger partial charge in [0.1, 0.15) is 5.82 Å². The second-order valence-electron chi connectivity index (χ2n) is 2.12. The molecule has 0 bridgehead atoms. The largest absolute Gasteiger partial charge is 1.00 e. The second kappa shape index (κ2) is 5.76. The van der Waals surface area contributed by atoms with Crippen LogP contribution in [-0.4, -0.2) is 0 Å². The number of hydrogen-bond donors (Lipinski definition) is 0. The summed E-state index contributed by atoms with van der Waals surface area (Å²) in [5.74, 6) is -0.554. The average Bonchev–Trinajstić information content (AvgIpc) is 2.10. The summed E-state index contributed by atoms with van der Waals surface area (Å²) in [4.78, 5) is 0. The number of benzene rings is 1. The fourth-order valence-corrected chi connectivity index (χ4v) is 0.830. The number of allylic oxidation sites excluding steroid dienone is 1. The van der Waals surface area contributed by atoms with Crippen molar-refractivity contribution in [3.8, 4) is 6.07 Å². The Hall–Kier alpha value is -0.820. The Morgan fingerprint density at radius 2 is 2.08 bits per heavy atom. The van der Waals surface area contributed by atoms with E-state index >= 15 is 0 Å². The SMILES string of the molecule is N#C/C(=C\[O-])c1ccccc1F.[Na+]. The summed E-state index contributed by atoms with van der Waals surface area (Å²) in [5.41, 5.74) is -0.136. The van der Waals surface area contributed by atoms with Crippen LogP contribution < -0.4 is 34.7 Å². The van der Waals surface area contributed by atoms with Gasteiger partial charge in [-0.1, -0.05) is 18.2 Å². The normalized spacial score (nSPS) is 10.0. The van der Waals surface area contributed by atoms with Crippen molar-refractivity contribution in [2.75, 3.05) is 0 Å². The summed E-state index contributed by atoms with van der Waals surface area (Å²) >= 11 is 0. The zero-order valence-electron chi connectivity index (χ0n) is 7.12. The van der Waals surface area contributed by atoms with Gasteiger partial charge < -0.3 is 5.11 Å². The summed E-state index contributed by atoms with van der Waals surface area (Å²) < 4.78 is 12.9. The molecule has 13 heavy (non-hydrogen) atoms. The third-order valence-corrected chi connectivity index (χ3v) is 1.40. The summed E-state index contributed by atoms with van der Waals surface area (Å²) in [6.45, 7) is 0. The Morgan fingerprint density at radius 3 is 2.54 bits per heavy atom. The van der Waals surface area contributed by atoms with Crippen LogP contribution in [0.1, 0.15) is 5.56 Å². The first-order valence-electron chi connectivity index (χ1n) is 3.26. The standard InChI is InChI=1S/C9H6FNO.Na/c10-9-4-2-1-3-8(9)7(5-11)6-12;/h1-4,6,12H;/q;+1/p-1/b7-6+;. The van der Waals surface area contributed by atoms with Crippen LogP contribution in [0.15, 0.2) is 30.5 Å². The topological polar surface area (TPSA) is 46.8 Å². The van der Waals surface area contributed by atoms with E-state index in [4.69, 9.17) is 5.26 Å². The van der Waals surface area contributed by atoms with E-state index in [9.17, 15) is 9.50 Å². The van der Waals surface area contributed by atoms with Crippen LogP contribution in [0.25, 0.3) is 5.57 Å². The van der Waals surface area contributed by atoms with Crippen molar-refractivity contribution in [2.45, 2.75) is 0 Å². The van der Waals surface area contributed by atoms with Crippen LogP contribution in [0.2, 0.25) is 0 Å². The van der Waals surface area contributed by atoms with Crippen LogP contribution in [0, 0.1) is 17.1 Å². The smallest absolute Gasteiger partial charge is 0.877 e. The molecule has 0 aromatic heterocycles. The molecule has 2 nitrogen and oxygen atoms in total. The molecule has 4 heteroatoms. The van der Waals surface area contributed by atoms with E-state index in [0.29, 0.717) is 6.26 Å². The Bertz CT molecular complexity index is 357. The van der Waals surface area contributed by atoms with Crippen molar-refractivity contribution in [2.24, 2.45) is 0 Å². The van der Waals surface area contributed by atoms with Crippen LogP contribution in [0.4, 0.5) is 4.39 Å². The van der Waals surface area contributed by atoms with Crippen LogP contribution in [-0.2, 0) is 0 Å². The molecule has 0 aliphatic rings. The first kappa shape index (κ1) is 12.2. The van der Waals surface area contributed by atoms with Crippen molar-refractivity contribution >= 4 is 5.57 Å². The molecule has 1 aromatic carbocycles. The fraction of sp³-hybridized carbons (Fsp3) is 0. The summed E-state index contributed by atoms with van der Waals surface area (Å²) in [6, 6.07) is 7.28. The van der Waals surface area contributed by atoms with Crippen LogP contribution in [0.3, 0.4) is 0 Å². The van der Waals surface area contributed by atoms with Gasteiger partial charge in [0.15, 0.2) is 0 Å². The van der Waals surface area contributed by atoms with Crippen LogP contribution in [0.5, 0.6) is 0 Å². The molecule has 0 heterocycles. The molecule has 0 amide bonds. The summed E-state index contributed by atoms with van der Waals surface area (Å²) in [7, 11) is 0. The molecule has 0 saturated carbocycles. The van der Waals surface area contributed by atoms with Crippen molar-refractivity contribution in [3.05, 3.63) is 41.9 Å². The van der Waals surface area contributed by atoms with E-state index in [1.54, 1.807) is 12.1 Å². The average molecular weight is 185 g/mol. The molecule has 0 aliphatic carbocycles. The predicted octanol–water partition coefficient (Wildman–Crippen LogP) is -1.95. The molecule has 0 aliphatic heterocycles. The maximum absolute atomic E-state index is 12.9. The summed E-state index contributed by atoms with van der Waals surface area (Å²) in [6.07, 6.45) is 0.346. The van der Waals surface area contributed by atoms with Crippen molar-refractivity contribution < 1.29 is 39.1 Å². The predicted molar refractivity (Wildman–Crippen MR) is 40.0 cm³/mol. The Balaban J connectivity index is 0.00000144. The van der Waals surface area contributed by atoms with Gasteiger partial charge in [-0.2, -0.15) is 5.26 Å². The molecular weight excluding hydrogens is 180 g/mol. The van der Waals surface area contributed by atoms with E-state index in [-0.39, 0.29) is 40.7 Å². The van der Waals surface area contributed by atoms with Gasteiger partial charge in [0, 0.05) is 11.1 Å². The van der Waals surface area contributed by atoms with Gasteiger partial charge in [-0.25, -0.2) is 4.39 Å². The van der Waals surface area contributed by atoms with Crippen molar-refractivity contribution in [1.82, 2.24) is 0 Å². The molecule has 0 saturated heterocycles. The number of nitrogens with zero attached hydrogens (tertiary/aromatic N) is 1. The van der Waals surface area contributed by atoms with E-state index in [1.807, 2.05) is 0 Å². The maximum atomic E-state index is 12.9. The van der Waals surface area contributed by atoms with Gasteiger partial charge in [0.05, 0.1) is 6.07 Å². The van der Waals surface area contributed by atoms with Gasteiger partial charge in [0.25, 0.3) is 0 Å². The molecule has 0 spiro atoms. The van der Waals surface area contributed by atoms with Gasteiger partial charge in [0.2, 0.25) is 0 Å². The minimum Gasteiger partial charge on any atom is -0.877 e. The fourth-order valence-electron chi connectivity index (χ4n) is 0.830. The van der Waals surface area contributed by atoms with Crippen molar-refractivity contribution in [3.63, 3.8) is 0 Å². The van der Waals surface area contributed by atoms with Crippen molar-refractivity contribution in [1.29, 1.82) is 5.26 Å². The molecule has 1 aromatic rings. The van der Waals surface area contributed by atoms with E-state index < -0.39 is 5.82 Å². The zero-order chi connectivity index (χ0) is 8.97. The molecular formula is C9H5FNNaO. The molecule has 0 radical (unpaired) electrons. The number of nitriles is 1. The molecule has 1 rings (SSSR count).